The molecule has 4 N–H and O–H groups in total. The Kier molecular flexibility index (Phi) is 4.91. The van der Waals surface area contributed by atoms with Gasteiger partial charge >= 0.3 is 0 Å². The van der Waals surface area contributed by atoms with E-state index in [1.54, 1.807) is 0 Å². The van der Waals surface area contributed by atoms with E-state index in [-0.39, 0.29) is 11.0 Å². The maximum atomic E-state index is 8.70. The molecule has 1 unspecified atom stereocenters. The van der Waals surface area contributed by atoms with Crippen molar-refractivity contribution in [2.75, 3.05) is 13.2 Å². The van der Waals surface area contributed by atoms with Gasteiger partial charge in [-0.1, -0.05) is 19.0 Å². The van der Waals surface area contributed by atoms with Crippen LogP contribution in [0.3, 0.4) is 0 Å². The van der Waals surface area contributed by atoms with Crippen LogP contribution in [0.15, 0.2) is 5.16 Å². The molecule has 1 saturated carbocycles. The van der Waals surface area contributed by atoms with E-state index < -0.39 is 0 Å². The van der Waals surface area contributed by atoms with E-state index in [1.807, 2.05) is 0 Å². The zero-order valence-corrected chi connectivity index (χ0v) is 12.8. The molecule has 1 aliphatic carbocycles. The fourth-order valence-electron chi connectivity index (χ4n) is 3.32. The molecule has 0 bridgehead atoms. The first-order valence-corrected chi connectivity index (χ1v) is 7.91. The Labute approximate surface area is 121 Å². The molecule has 1 saturated heterocycles. The summed E-state index contributed by atoms with van der Waals surface area (Å²) in [6, 6.07) is 0.536. The number of nitrogens with two attached hydrogens (primary N) is 1. The highest BCUT2D eigenvalue weighted by molar-refractivity contribution is 5.80. The highest BCUT2D eigenvalue weighted by Gasteiger charge is 2.44. The summed E-state index contributed by atoms with van der Waals surface area (Å²) in [5, 5.41) is 15.5. The highest BCUT2D eigenvalue weighted by Crippen LogP contribution is 2.48. The summed E-state index contributed by atoms with van der Waals surface area (Å²) >= 11 is 0. The minimum absolute atomic E-state index is 0.0677. The second-order valence-corrected chi connectivity index (χ2v) is 6.58. The molecule has 0 radical (unpaired) electrons. The zero-order chi connectivity index (χ0) is 14.6. The number of hydrogen-bond donors (Lipinski definition) is 3. The van der Waals surface area contributed by atoms with Gasteiger partial charge in [0, 0.05) is 25.6 Å². The Bertz CT molecular complexity index is 349. The van der Waals surface area contributed by atoms with Gasteiger partial charge in [-0.3, -0.25) is 0 Å². The molecule has 1 atom stereocenters. The van der Waals surface area contributed by atoms with E-state index in [2.05, 4.69) is 24.3 Å². The zero-order valence-electron chi connectivity index (χ0n) is 12.8. The van der Waals surface area contributed by atoms with Crippen molar-refractivity contribution in [3.63, 3.8) is 0 Å². The van der Waals surface area contributed by atoms with Crippen molar-refractivity contribution in [2.45, 2.75) is 70.4 Å². The van der Waals surface area contributed by atoms with Crippen molar-refractivity contribution < 1.29 is 9.94 Å². The molecule has 2 rings (SSSR count). The van der Waals surface area contributed by atoms with E-state index in [9.17, 15) is 0 Å². The number of rotatable bonds is 7. The van der Waals surface area contributed by atoms with Gasteiger partial charge in [0.15, 0.2) is 0 Å². The molecule has 0 aromatic rings. The average molecular weight is 283 g/mol. The summed E-state index contributed by atoms with van der Waals surface area (Å²) in [5.41, 5.74) is 5.95. The molecule has 0 aromatic heterocycles. The molecule has 0 spiro atoms. The number of oxime groups is 1. The second-order valence-electron chi connectivity index (χ2n) is 6.58. The fourth-order valence-corrected chi connectivity index (χ4v) is 3.32. The van der Waals surface area contributed by atoms with E-state index in [0.717, 1.165) is 38.8 Å². The van der Waals surface area contributed by atoms with E-state index in [1.165, 1.54) is 12.8 Å². The van der Waals surface area contributed by atoms with Crippen LogP contribution in [0, 0.1) is 5.41 Å². The van der Waals surface area contributed by atoms with Crippen LogP contribution in [-0.2, 0) is 4.74 Å². The molecule has 2 aliphatic rings. The molecule has 0 aromatic carbocycles. The third-order valence-corrected chi connectivity index (χ3v) is 5.19. The van der Waals surface area contributed by atoms with Gasteiger partial charge in [-0.25, -0.2) is 0 Å². The predicted molar refractivity (Wildman–Crippen MR) is 80.0 cm³/mol. The summed E-state index contributed by atoms with van der Waals surface area (Å²) in [5.74, 6) is 0.354. The molecule has 1 aliphatic heterocycles. The highest BCUT2D eigenvalue weighted by atomic mass is 16.5. The summed E-state index contributed by atoms with van der Waals surface area (Å²) in [6.07, 6.45) is 7.39. The second kappa shape index (κ2) is 6.31. The van der Waals surface area contributed by atoms with Gasteiger partial charge in [0.05, 0.1) is 5.60 Å². The number of amidine groups is 1. The smallest absolute Gasteiger partial charge is 0.139 e. The third-order valence-electron chi connectivity index (χ3n) is 5.19. The van der Waals surface area contributed by atoms with Crippen LogP contribution >= 0.6 is 0 Å². The van der Waals surface area contributed by atoms with E-state index in [4.69, 9.17) is 15.7 Å². The minimum atomic E-state index is 0.0677. The first-order valence-electron chi connectivity index (χ1n) is 7.91. The third kappa shape index (κ3) is 3.64. The molecule has 5 heteroatoms. The van der Waals surface area contributed by atoms with Crippen LogP contribution in [0.2, 0.25) is 0 Å². The van der Waals surface area contributed by atoms with Crippen molar-refractivity contribution in [3.05, 3.63) is 0 Å². The van der Waals surface area contributed by atoms with Crippen molar-refractivity contribution in [1.29, 1.82) is 0 Å². The van der Waals surface area contributed by atoms with Gasteiger partial charge in [-0.2, -0.15) is 0 Å². The van der Waals surface area contributed by atoms with E-state index >= 15 is 0 Å². The van der Waals surface area contributed by atoms with Crippen LogP contribution in [0.4, 0.5) is 0 Å². The lowest BCUT2D eigenvalue weighted by molar-refractivity contribution is -0.0933. The Morgan fingerprint density at radius 3 is 2.65 bits per heavy atom. The first kappa shape index (κ1) is 15.6. The van der Waals surface area contributed by atoms with Gasteiger partial charge in [-0.05, 0) is 43.9 Å². The molecular formula is C15H29N3O2. The van der Waals surface area contributed by atoms with Crippen LogP contribution < -0.4 is 11.1 Å². The summed E-state index contributed by atoms with van der Waals surface area (Å²) in [7, 11) is 0. The van der Waals surface area contributed by atoms with Crippen LogP contribution in [0.5, 0.6) is 0 Å². The number of nitrogens with one attached hydrogen (secondary N) is 1. The fraction of sp³-hybridized carbons (Fsp3) is 0.933. The Balaban J connectivity index is 1.82. The van der Waals surface area contributed by atoms with Crippen molar-refractivity contribution in [3.8, 4) is 0 Å². The van der Waals surface area contributed by atoms with Gasteiger partial charge in [0.1, 0.15) is 5.84 Å². The maximum Gasteiger partial charge on any atom is 0.139 e. The van der Waals surface area contributed by atoms with Crippen molar-refractivity contribution in [1.82, 2.24) is 5.32 Å². The SMILES string of the molecule is CCC1(CC)CC(NCC2(CC(N)=NO)CC2)CCO1. The quantitative estimate of drug-likeness (QED) is 0.290. The first-order chi connectivity index (χ1) is 9.57. The lowest BCUT2D eigenvalue weighted by Crippen LogP contribution is -2.47. The topological polar surface area (TPSA) is 79.9 Å². The summed E-state index contributed by atoms with van der Waals surface area (Å²) in [4.78, 5) is 0. The molecule has 2 fully saturated rings. The van der Waals surface area contributed by atoms with E-state index in [0.29, 0.717) is 18.3 Å². The monoisotopic (exact) mass is 283 g/mol. The molecule has 20 heavy (non-hydrogen) atoms. The van der Waals surface area contributed by atoms with Gasteiger partial charge in [-0.15, -0.1) is 0 Å². The molecule has 0 amide bonds. The predicted octanol–water partition coefficient (Wildman–Crippen LogP) is 2.23. The number of ether oxygens (including phenoxy) is 1. The van der Waals surface area contributed by atoms with Gasteiger partial charge in [0.2, 0.25) is 0 Å². The van der Waals surface area contributed by atoms with Gasteiger partial charge < -0.3 is 21.0 Å². The average Bonchev–Trinajstić information content (AvgIpc) is 3.25. The standard InChI is InChI=1S/C15H29N3O2/c1-3-15(4-2)9-12(5-8-20-15)17-11-14(6-7-14)10-13(16)18-19/h12,17,19H,3-11H2,1-2H3,(H2,16,18). The molecule has 5 nitrogen and oxygen atoms in total. The summed E-state index contributed by atoms with van der Waals surface area (Å²) < 4.78 is 6.01. The Hall–Kier alpha value is -0.810. The summed E-state index contributed by atoms with van der Waals surface area (Å²) in [6.45, 7) is 6.25. The van der Waals surface area contributed by atoms with Gasteiger partial charge in [0.25, 0.3) is 0 Å². The lowest BCUT2D eigenvalue weighted by Gasteiger charge is -2.40. The Morgan fingerprint density at radius 1 is 1.40 bits per heavy atom. The number of nitrogens with zero attached hydrogens (tertiary/aromatic N) is 1. The molecule has 1 heterocycles. The lowest BCUT2D eigenvalue weighted by atomic mass is 9.85. The normalized spacial score (nSPS) is 28.3. The van der Waals surface area contributed by atoms with Crippen LogP contribution in [0.1, 0.15) is 58.8 Å². The van der Waals surface area contributed by atoms with Crippen LogP contribution in [0.25, 0.3) is 0 Å². The number of hydrogen-bond acceptors (Lipinski definition) is 4. The Morgan fingerprint density at radius 2 is 2.10 bits per heavy atom. The van der Waals surface area contributed by atoms with Crippen LogP contribution in [-0.4, -0.2) is 35.8 Å². The minimum Gasteiger partial charge on any atom is -0.409 e. The maximum absolute atomic E-state index is 8.70. The van der Waals surface area contributed by atoms with Crippen molar-refractivity contribution >= 4 is 5.84 Å². The molecule has 116 valence electrons. The largest absolute Gasteiger partial charge is 0.409 e. The van der Waals surface area contributed by atoms with Crippen molar-refractivity contribution in [2.24, 2.45) is 16.3 Å². The molecular weight excluding hydrogens is 254 g/mol.